The Morgan fingerprint density at radius 3 is 2.56 bits per heavy atom. The van der Waals surface area contributed by atoms with Gasteiger partial charge in [-0.2, -0.15) is 13.2 Å². The molecule has 0 saturated heterocycles. The number of likely N-dealkylation sites (N-methyl/N-ethyl adjacent to an activating group) is 1. The average molecular weight is 448 g/mol. The predicted octanol–water partition coefficient (Wildman–Crippen LogP) is 3.60. The summed E-state index contributed by atoms with van der Waals surface area (Å²) < 4.78 is 49.6. The second kappa shape index (κ2) is 9.13. The maximum atomic E-state index is 13.0. The van der Waals surface area contributed by atoms with E-state index in [2.05, 4.69) is 5.32 Å². The van der Waals surface area contributed by atoms with Gasteiger partial charge in [0.05, 0.1) is 17.8 Å². The molecule has 0 aliphatic carbocycles. The molecule has 0 aliphatic rings. The van der Waals surface area contributed by atoms with E-state index in [4.69, 9.17) is 9.15 Å². The van der Waals surface area contributed by atoms with E-state index in [0.717, 1.165) is 28.0 Å². The predicted molar refractivity (Wildman–Crippen MR) is 110 cm³/mol. The van der Waals surface area contributed by atoms with E-state index >= 15 is 0 Å². The van der Waals surface area contributed by atoms with Gasteiger partial charge in [0.15, 0.2) is 6.61 Å². The lowest BCUT2D eigenvalue weighted by Crippen LogP contribution is -2.37. The minimum absolute atomic E-state index is 0.275. The Labute approximate surface area is 180 Å². The van der Waals surface area contributed by atoms with Crippen LogP contribution < -0.4 is 15.7 Å². The van der Waals surface area contributed by atoms with Crippen molar-refractivity contribution in [1.82, 2.24) is 4.90 Å². The zero-order chi connectivity index (χ0) is 23.5. The van der Waals surface area contributed by atoms with Crippen LogP contribution in [0.5, 0.6) is 5.75 Å². The van der Waals surface area contributed by atoms with Crippen LogP contribution in [0.1, 0.15) is 11.1 Å². The number of halogens is 3. The first-order chi connectivity index (χ1) is 15.0. The first-order valence-electron chi connectivity index (χ1n) is 9.42. The standard InChI is InChI=1S/C22H19F3N2O5/c1-13-9-21(30)32-18-10-14(7-8-15(13)18)31-12-20(29)27(2)11-19(28)26-17-6-4-3-5-16(17)22(23,24)25/h3-10H,11-12H2,1-2H3,(H,26,28). The number of alkyl halides is 3. The van der Waals surface area contributed by atoms with E-state index in [0.29, 0.717) is 5.58 Å². The van der Waals surface area contributed by atoms with Crippen LogP contribution in [0.2, 0.25) is 0 Å². The molecule has 0 saturated carbocycles. The van der Waals surface area contributed by atoms with Gasteiger partial charge in [0.1, 0.15) is 11.3 Å². The highest BCUT2D eigenvalue weighted by molar-refractivity contribution is 5.95. The highest BCUT2D eigenvalue weighted by atomic mass is 19.4. The minimum atomic E-state index is -4.63. The van der Waals surface area contributed by atoms with Crippen molar-refractivity contribution in [2.75, 3.05) is 25.5 Å². The molecule has 0 bridgehead atoms. The van der Waals surface area contributed by atoms with Gasteiger partial charge in [-0.25, -0.2) is 4.79 Å². The molecule has 0 unspecified atom stereocenters. The van der Waals surface area contributed by atoms with Gasteiger partial charge in [0.25, 0.3) is 5.91 Å². The second-order valence-corrected chi connectivity index (χ2v) is 7.04. The number of hydrogen-bond donors (Lipinski definition) is 1. The smallest absolute Gasteiger partial charge is 0.418 e. The average Bonchev–Trinajstić information content (AvgIpc) is 2.71. The van der Waals surface area contributed by atoms with E-state index in [9.17, 15) is 27.6 Å². The largest absolute Gasteiger partial charge is 0.484 e. The molecule has 0 radical (unpaired) electrons. The van der Waals surface area contributed by atoms with Crippen LogP contribution in [0.4, 0.5) is 18.9 Å². The Kier molecular flexibility index (Phi) is 6.52. The SMILES string of the molecule is Cc1cc(=O)oc2cc(OCC(=O)N(C)CC(=O)Nc3ccccc3C(F)(F)F)ccc12. The molecule has 3 rings (SSSR count). The van der Waals surface area contributed by atoms with Crippen molar-refractivity contribution in [2.24, 2.45) is 0 Å². The van der Waals surface area contributed by atoms with Crippen molar-refractivity contribution in [3.63, 3.8) is 0 Å². The molecule has 10 heteroatoms. The fourth-order valence-electron chi connectivity index (χ4n) is 2.98. The van der Waals surface area contributed by atoms with Crippen molar-refractivity contribution < 1.29 is 31.9 Å². The Balaban J connectivity index is 1.59. The molecule has 3 aromatic rings. The number of aryl methyl sites for hydroxylation is 1. The number of nitrogens with one attached hydrogen (secondary N) is 1. The molecule has 2 amide bonds. The minimum Gasteiger partial charge on any atom is -0.484 e. The molecule has 1 N–H and O–H groups in total. The Morgan fingerprint density at radius 2 is 1.84 bits per heavy atom. The number of ether oxygens (including phenoxy) is 1. The van der Waals surface area contributed by atoms with E-state index in [1.165, 1.54) is 31.3 Å². The molecular formula is C22H19F3N2O5. The number of para-hydroxylation sites is 1. The first kappa shape index (κ1) is 22.9. The zero-order valence-electron chi connectivity index (χ0n) is 17.2. The summed E-state index contributed by atoms with van der Waals surface area (Å²) in [5, 5.41) is 2.89. The van der Waals surface area contributed by atoms with Gasteiger partial charge < -0.3 is 19.4 Å². The summed E-state index contributed by atoms with van der Waals surface area (Å²) in [6.45, 7) is 0.862. The van der Waals surface area contributed by atoms with Gasteiger partial charge in [0.2, 0.25) is 5.91 Å². The number of rotatable bonds is 6. The summed E-state index contributed by atoms with van der Waals surface area (Å²) in [7, 11) is 1.32. The number of hydrogen-bond acceptors (Lipinski definition) is 5. The van der Waals surface area contributed by atoms with Crippen LogP contribution >= 0.6 is 0 Å². The highest BCUT2D eigenvalue weighted by Crippen LogP contribution is 2.34. The third-order valence-corrected chi connectivity index (χ3v) is 4.60. The van der Waals surface area contributed by atoms with E-state index < -0.39 is 48.0 Å². The van der Waals surface area contributed by atoms with Crippen LogP contribution in [-0.2, 0) is 15.8 Å². The molecule has 7 nitrogen and oxygen atoms in total. The number of carbonyl (C=O) groups excluding carboxylic acids is 2. The third kappa shape index (κ3) is 5.45. The normalized spacial score (nSPS) is 11.3. The quantitative estimate of drug-likeness (QED) is 0.583. The molecule has 0 spiro atoms. The van der Waals surface area contributed by atoms with Crippen molar-refractivity contribution >= 4 is 28.5 Å². The maximum absolute atomic E-state index is 13.0. The van der Waals surface area contributed by atoms with Crippen molar-refractivity contribution in [3.05, 3.63) is 70.1 Å². The molecular weight excluding hydrogens is 429 g/mol. The van der Waals surface area contributed by atoms with E-state index in [1.807, 2.05) is 0 Å². The van der Waals surface area contributed by atoms with E-state index in [-0.39, 0.29) is 5.75 Å². The van der Waals surface area contributed by atoms with Crippen molar-refractivity contribution in [3.8, 4) is 5.75 Å². The number of nitrogens with zero attached hydrogens (tertiary/aromatic N) is 1. The summed E-state index contributed by atoms with van der Waals surface area (Å²) in [4.78, 5) is 36.9. The maximum Gasteiger partial charge on any atom is 0.418 e. The molecule has 1 heterocycles. The first-order valence-corrected chi connectivity index (χ1v) is 9.42. The Hall–Kier alpha value is -3.82. The molecule has 168 valence electrons. The Bertz CT molecular complexity index is 1220. The van der Waals surface area contributed by atoms with Crippen molar-refractivity contribution in [1.29, 1.82) is 0 Å². The summed E-state index contributed by atoms with van der Waals surface area (Å²) in [5.74, 6) is -1.09. The summed E-state index contributed by atoms with van der Waals surface area (Å²) in [6.07, 6.45) is -4.63. The summed E-state index contributed by atoms with van der Waals surface area (Å²) >= 11 is 0. The number of anilines is 1. The van der Waals surface area contributed by atoms with Crippen LogP contribution in [0.15, 0.2) is 57.7 Å². The van der Waals surface area contributed by atoms with Gasteiger partial charge in [-0.15, -0.1) is 0 Å². The molecule has 1 aromatic heterocycles. The molecule has 32 heavy (non-hydrogen) atoms. The van der Waals surface area contributed by atoms with Crippen molar-refractivity contribution in [2.45, 2.75) is 13.1 Å². The lowest BCUT2D eigenvalue weighted by atomic mass is 10.1. The second-order valence-electron chi connectivity index (χ2n) is 7.04. The number of benzene rings is 2. The zero-order valence-corrected chi connectivity index (χ0v) is 17.2. The Morgan fingerprint density at radius 1 is 1.12 bits per heavy atom. The van der Waals surface area contributed by atoms with Crippen LogP contribution in [0, 0.1) is 6.92 Å². The van der Waals surface area contributed by atoms with Gasteiger partial charge >= 0.3 is 11.8 Å². The number of carbonyl (C=O) groups is 2. The van der Waals surface area contributed by atoms with Crippen LogP contribution in [0.25, 0.3) is 11.0 Å². The fraction of sp³-hybridized carbons (Fsp3) is 0.227. The monoisotopic (exact) mass is 448 g/mol. The molecule has 0 fully saturated rings. The molecule has 0 aliphatic heterocycles. The van der Waals surface area contributed by atoms with Gasteiger partial charge in [-0.1, -0.05) is 12.1 Å². The van der Waals surface area contributed by atoms with E-state index in [1.54, 1.807) is 19.1 Å². The number of fused-ring (bicyclic) bond motifs is 1. The fourth-order valence-corrected chi connectivity index (χ4v) is 2.98. The van der Waals surface area contributed by atoms with Gasteiger partial charge in [0, 0.05) is 24.6 Å². The van der Waals surface area contributed by atoms with Gasteiger partial charge in [-0.05, 0) is 36.8 Å². The third-order valence-electron chi connectivity index (χ3n) is 4.60. The van der Waals surface area contributed by atoms with Gasteiger partial charge in [-0.3, -0.25) is 9.59 Å². The topological polar surface area (TPSA) is 88.8 Å². The summed E-state index contributed by atoms with van der Waals surface area (Å²) in [5.41, 5.74) is -0.854. The lowest BCUT2D eigenvalue weighted by molar-refractivity contribution is -0.137. The van der Waals surface area contributed by atoms with Crippen LogP contribution in [0.3, 0.4) is 0 Å². The molecule has 2 aromatic carbocycles. The highest BCUT2D eigenvalue weighted by Gasteiger charge is 2.33. The molecule has 0 atom stereocenters. The van der Waals surface area contributed by atoms with Crippen LogP contribution in [-0.4, -0.2) is 36.9 Å². The number of amides is 2. The lowest BCUT2D eigenvalue weighted by Gasteiger charge is -2.18. The summed E-state index contributed by atoms with van der Waals surface area (Å²) in [6, 6.07) is 10.7.